The summed E-state index contributed by atoms with van der Waals surface area (Å²) in [6, 6.07) is 4.55. The summed E-state index contributed by atoms with van der Waals surface area (Å²) in [7, 11) is 0. The molecule has 0 heterocycles. The number of carboxylic acid groups (broad SMARTS) is 1. The lowest BCUT2D eigenvalue weighted by Crippen LogP contribution is -2.16. The van der Waals surface area contributed by atoms with Crippen LogP contribution in [-0.4, -0.2) is 17.2 Å². The molecule has 0 aliphatic heterocycles. The highest BCUT2D eigenvalue weighted by atomic mass is 35.5. The Hall–Kier alpha value is -1.22. The number of aromatic carboxylic acids is 1. The van der Waals surface area contributed by atoms with Gasteiger partial charge in [-0.2, -0.15) is 0 Å². The Kier molecular flexibility index (Phi) is 4.82. The Labute approximate surface area is 106 Å². The Morgan fingerprint density at radius 3 is 2.59 bits per heavy atom. The molecule has 0 bridgehead atoms. The van der Waals surface area contributed by atoms with Crippen LogP contribution in [0.5, 0.6) is 5.75 Å². The molecule has 0 saturated carbocycles. The smallest absolute Gasteiger partial charge is 0.339 e. The Bertz CT molecular complexity index is 402. The molecule has 0 spiro atoms. The number of benzene rings is 1. The molecule has 17 heavy (non-hydrogen) atoms. The van der Waals surface area contributed by atoms with Crippen molar-refractivity contribution in [3.8, 4) is 5.75 Å². The van der Waals surface area contributed by atoms with Gasteiger partial charge in [-0.3, -0.25) is 0 Å². The molecular weight excluding hydrogens is 240 g/mol. The Morgan fingerprint density at radius 1 is 1.41 bits per heavy atom. The van der Waals surface area contributed by atoms with Crippen molar-refractivity contribution in [2.75, 3.05) is 0 Å². The molecule has 4 heteroatoms. The molecule has 1 atom stereocenters. The van der Waals surface area contributed by atoms with Crippen LogP contribution in [0.1, 0.15) is 37.6 Å². The fraction of sp³-hybridized carbons (Fsp3) is 0.462. The SMILES string of the molecule is CC(C)CC(C)Oc1cc(Cl)ccc1C(=O)O. The lowest BCUT2D eigenvalue weighted by molar-refractivity contribution is 0.0689. The average molecular weight is 257 g/mol. The van der Waals surface area contributed by atoms with Gasteiger partial charge < -0.3 is 9.84 Å². The summed E-state index contributed by atoms with van der Waals surface area (Å²) in [5.74, 6) is -0.177. The summed E-state index contributed by atoms with van der Waals surface area (Å²) >= 11 is 5.84. The van der Waals surface area contributed by atoms with E-state index in [-0.39, 0.29) is 11.7 Å². The number of ether oxygens (including phenoxy) is 1. The molecule has 0 aromatic heterocycles. The van der Waals surface area contributed by atoms with Crippen molar-refractivity contribution in [2.24, 2.45) is 5.92 Å². The van der Waals surface area contributed by atoms with Gasteiger partial charge in [0.15, 0.2) is 0 Å². The summed E-state index contributed by atoms with van der Waals surface area (Å²) < 4.78 is 5.63. The van der Waals surface area contributed by atoms with Crippen molar-refractivity contribution in [2.45, 2.75) is 33.3 Å². The minimum absolute atomic E-state index is 0.0356. The minimum atomic E-state index is -1.01. The number of carbonyl (C=O) groups is 1. The van der Waals surface area contributed by atoms with E-state index in [0.717, 1.165) is 6.42 Å². The van der Waals surface area contributed by atoms with Crippen molar-refractivity contribution in [3.05, 3.63) is 28.8 Å². The van der Waals surface area contributed by atoms with E-state index in [9.17, 15) is 4.79 Å². The van der Waals surface area contributed by atoms with E-state index in [1.807, 2.05) is 6.92 Å². The monoisotopic (exact) mass is 256 g/mol. The second-order valence-electron chi connectivity index (χ2n) is 4.50. The average Bonchev–Trinajstić information content (AvgIpc) is 2.15. The van der Waals surface area contributed by atoms with Crippen LogP contribution in [0, 0.1) is 5.92 Å². The first kappa shape index (κ1) is 13.8. The first-order valence-electron chi connectivity index (χ1n) is 5.59. The molecule has 0 radical (unpaired) electrons. The fourth-order valence-corrected chi connectivity index (χ4v) is 1.86. The van der Waals surface area contributed by atoms with Gasteiger partial charge in [-0.05, 0) is 37.5 Å². The molecule has 0 aliphatic rings. The Morgan fingerprint density at radius 2 is 2.06 bits per heavy atom. The molecule has 3 nitrogen and oxygen atoms in total. The van der Waals surface area contributed by atoms with Gasteiger partial charge in [0.25, 0.3) is 0 Å². The predicted octanol–water partition coefficient (Wildman–Crippen LogP) is 3.85. The summed E-state index contributed by atoms with van der Waals surface area (Å²) in [4.78, 5) is 11.0. The zero-order valence-electron chi connectivity index (χ0n) is 10.2. The maximum atomic E-state index is 11.0. The number of hydrogen-bond acceptors (Lipinski definition) is 2. The third-order valence-corrected chi connectivity index (χ3v) is 2.54. The van der Waals surface area contributed by atoms with Gasteiger partial charge in [0.2, 0.25) is 0 Å². The van der Waals surface area contributed by atoms with Crippen molar-refractivity contribution < 1.29 is 14.6 Å². The largest absolute Gasteiger partial charge is 0.490 e. The number of hydrogen-bond donors (Lipinski definition) is 1. The summed E-state index contributed by atoms with van der Waals surface area (Å²) in [5.41, 5.74) is 0.144. The normalized spacial score (nSPS) is 12.5. The predicted molar refractivity (Wildman–Crippen MR) is 68.0 cm³/mol. The number of carboxylic acids is 1. The second kappa shape index (κ2) is 5.92. The molecule has 0 amide bonds. The first-order chi connectivity index (χ1) is 7.90. The highest BCUT2D eigenvalue weighted by Crippen LogP contribution is 2.25. The first-order valence-corrected chi connectivity index (χ1v) is 5.97. The molecular formula is C13H17ClO3. The minimum Gasteiger partial charge on any atom is -0.490 e. The van der Waals surface area contributed by atoms with Crippen molar-refractivity contribution in [1.29, 1.82) is 0 Å². The third-order valence-electron chi connectivity index (χ3n) is 2.31. The quantitative estimate of drug-likeness (QED) is 0.870. The zero-order valence-corrected chi connectivity index (χ0v) is 11.0. The molecule has 0 aliphatic carbocycles. The molecule has 94 valence electrons. The lowest BCUT2D eigenvalue weighted by atomic mass is 10.1. The van der Waals surface area contributed by atoms with Crippen molar-refractivity contribution >= 4 is 17.6 Å². The maximum Gasteiger partial charge on any atom is 0.339 e. The summed E-state index contributed by atoms with van der Waals surface area (Å²) in [5, 5.41) is 9.50. The van der Waals surface area contributed by atoms with E-state index < -0.39 is 5.97 Å². The molecule has 0 fully saturated rings. The van der Waals surface area contributed by atoms with Gasteiger partial charge in [0, 0.05) is 5.02 Å². The standard InChI is InChI=1S/C13H17ClO3/c1-8(2)6-9(3)17-12-7-10(14)4-5-11(12)13(15)16/h4-5,7-9H,6H2,1-3H3,(H,15,16). The molecule has 1 unspecified atom stereocenters. The summed E-state index contributed by atoms with van der Waals surface area (Å²) in [6.45, 7) is 6.11. The van der Waals surface area contributed by atoms with Crippen LogP contribution in [0.4, 0.5) is 0 Å². The Balaban J connectivity index is 2.88. The van der Waals surface area contributed by atoms with Crippen LogP contribution in [-0.2, 0) is 0 Å². The third kappa shape index (κ3) is 4.27. The fourth-order valence-electron chi connectivity index (χ4n) is 1.70. The second-order valence-corrected chi connectivity index (χ2v) is 4.94. The van der Waals surface area contributed by atoms with Gasteiger partial charge in [-0.1, -0.05) is 25.4 Å². The van der Waals surface area contributed by atoms with E-state index in [2.05, 4.69) is 13.8 Å². The number of halogens is 1. The van der Waals surface area contributed by atoms with Gasteiger partial charge >= 0.3 is 5.97 Å². The molecule has 1 aromatic carbocycles. The summed E-state index contributed by atoms with van der Waals surface area (Å²) in [6.07, 6.45) is 0.831. The molecule has 1 aromatic rings. The molecule has 0 saturated heterocycles. The van der Waals surface area contributed by atoms with Gasteiger partial charge in [0.05, 0.1) is 6.10 Å². The van der Waals surface area contributed by atoms with Gasteiger partial charge in [-0.25, -0.2) is 4.79 Å². The van der Waals surface area contributed by atoms with Gasteiger partial charge in [0.1, 0.15) is 11.3 Å². The van der Waals surface area contributed by atoms with E-state index >= 15 is 0 Å². The zero-order chi connectivity index (χ0) is 13.0. The van der Waals surface area contributed by atoms with E-state index in [4.69, 9.17) is 21.4 Å². The van der Waals surface area contributed by atoms with E-state index in [0.29, 0.717) is 16.7 Å². The van der Waals surface area contributed by atoms with Crippen molar-refractivity contribution in [1.82, 2.24) is 0 Å². The lowest BCUT2D eigenvalue weighted by Gasteiger charge is -2.18. The van der Waals surface area contributed by atoms with Crippen LogP contribution in [0.25, 0.3) is 0 Å². The van der Waals surface area contributed by atoms with Crippen molar-refractivity contribution in [3.63, 3.8) is 0 Å². The molecule has 1 N–H and O–H groups in total. The van der Waals surface area contributed by atoms with E-state index in [1.54, 1.807) is 12.1 Å². The maximum absolute atomic E-state index is 11.0. The highest BCUT2D eigenvalue weighted by Gasteiger charge is 2.15. The number of rotatable bonds is 5. The molecule has 1 rings (SSSR count). The highest BCUT2D eigenvalue weighted by molar-refractivity contribution is 6.30. The topological polar surface area (TPSA) is 46.5 Å². The van der Waals surface area contributed by atoms with Crippen LogP contribution in [0.15, 0.2) is 18.2 Å². The van der Waals surface area contributed by atoms with Crippen LogP contribution < -0.4 is 4.74 Å². The van der Waals surface area contributed by atoms with Gasteiger partial charge in [-0.15, -0.1) is 0 Å². The van der Waals surface area contributed by atoms with Crippen LogP contribution in [0.3, 0.4) is 0 Å². The van der Waals surface area contributed by atoms with E-state index in [1.165, 1.54) is 6.07 Å². The van der Waals surface area contributed by atoms with Crippen LogP contribution >= 0.6 is 11.6 Å². The van der Waals surface area contributed by atoms with Crippen LogP contribution in [0.2, 0.25) is 5.02 Å².